The number of halogens is 2. The summed E-state index contributed by atoms with van der Waals surface area (Å²) >= 11 is 0. The molecule has 4 N–H and O–H groups in total. The highest BCUT2D eigenvalue weighted by Gasteiger charge is 2.16. The summed E-state index contributed by atoms with van der Waals surface area (Å²) in [4.78, 5) is 0. The van der Waals surface area contributed by atoms with Crippen molar-refractivity contribution in [1.82, 2.24) is 20.6 Å². The van der Waals surface area contributed by atoms with E-state index in [4.69, 9.17) is 5.73 Å². The van der Waals surface area contributed by atoms with E-state index in [9.17, 15) is 8.78 Å². The minimum atomic E-state index is -1.03. The highest BCUT2D eigenvalue weighted by molar-refractivity contribution is 5.67. The molecule has 0 saturated heterocycles. The van der Waals surface area contributed by atoms with Crippen LogP contribution in [0.25, 0.3) is 0 Å². The zero-order valence-corrected chi connectivity index (χ0v) is 8.91. The molecule has 0 spiro atoms. The fourth-order valence-corrected chi connectivity index (χ4v) is 1.35. The van der Waals surface area contributed by atoms with E-state index in [2.05, 4.69) is 25.9 Å². The van der Waals surface area contributed by atoms with Crippen LogP contribution < -0.4 is 11.1 Å². The zero-order valence-electron chi connectivity index (χ0n) is 8.91. The van der Waals surface area contributed by atoms with Gasteiger partial charge in [0.1, 0.15) is 0 Å². The summed E-state index contributed by atoms with van der Waals surface area (Å²) in [5.41, 5.74) is 5.56. The minimum Gasteiger partial charge on any atom is -0.397 e. The molecule has 0 aliphatic rings. The molecule has 6 nitrogen and oxygen atoms in total. The van der Waals surface area contributed by atoms with Crippen LogP contribution in [0.1, 0.15) is 18.8 Å². The Bertz CT molecular complexity index is 512. The second-order valence-corrected chi connectivity index (χ2v) is 3.46. The SMILES string of the molecule is CC(Nc1c(N)ccc(F)c1F)c1nn[nH]n1. The predicted octanol–water partition coefficient (Wildman–Crippen LogP) is 1.23. The molecule has 0 fully saturated rings. The third kappa shape index (κ3) is 2.14. The number of tetrazole rings is 1. The van der Waals surface area contributed by atoms with Gasteiger partial charge in [0.25, 0.3) is 0 Å². The van der Waals surface area contributed by atoms with Gasteiger partial charge in [-0.3, -0.25) is 0 Å². The molecule has 0 bridgehead atoms. The first-order valence-electron chi connectivity index (χ1n) is 4.83. The van der Waals surface area contributed by atoms with Crippen molar-refractivity contribution < 1.29 is 8.78 Å². The number of rotatable bonds is 3. The average molecular weight is 240 g/mol. The van der Waals surface area contributed by atoms with Crippen LogP contribution in [-0.2, 0) is 0 Å². The maximum Gasteiger partial charge on any atom is 0.196 e. The third-order valence-corrected chi connectivity index (χ3v) is 2.24. The first-order chi connectivity index (χ1) is 8.09. The molecule has 0 aliphatic carbocycles. The van der Waals surface area contributed by atoms with Crippen molar-refractivity contribution in [2.45, 2.75) is 13.0 Å². The summed E-state index contributed by atoms with van der Waals surface area (Å²) in [6, 6.07) is 1.80. The topological polar surface area (TPSA) is 92.5 Å². The molecule has 8 heteroatoms. The number of nitrogens with one attached hydrogen (secondary N) is 2. The van der Waals surface area contributed by atoms with E-state index in [1.165, 1.54) is 6.07 Å². The summed E-state index contributed by atoms with van der Waals surface area (Å²) in [6.45, 7) is 1.68. The number of aromatic amines is 1. The van der Waals surface area contributed by atoms with Gasteiger partial charge in [-0.1, -0.05) is 5.21 Å². The first-order valence-corrected chi connectivity index (χ1v) is 4.83. The van der Waals surface area contributed by atoms with E-state index in [0.717, 1.165) is 6.07 Å². The second kappa shape index (κ2) is 4.32. The Kier molecular flexibility index (Phi) is 2.86. The van der Waals surface area contributed by atoms with Crippen LogP contribution in [0.15, 0.2) is 12.1 Å². The monoisotopic (exact) mass is 240 g/mol. The number of H-pyrrole nitrogens is 1. The Hall–Kier alpha value is -2.25. The summed E-state index contributed by atoms with van der Waals surface area (Å²) in [5, 5.41) is 15.8. The maximum absolute atomic E-state index is 13.5. The predicted molar refractivity (Wildman–Crippen MR) is 57.0 cm³/mol. The number of benzene rings is 1. The van der Waals surface area contributed by atoms with Gasteiger partial charge in [0.15, 0.2) is 17.5 Å². The van der Waals surface area contributed by atoms with Gasteiger partial charge in [-0.2, -0.15) is 5.21 Å². The van der Waals surface area contributed by atoms with Crippen molar-refractivity contribution in [1.29, 1.82) is 0 Å². The molecule has 90 valence electrons. The standard InChI is InChI=1S/C9H10F2N6/c1-4(9-14-16-17-15-9)13-8-6(12)3-2-5(10)7(8)11/h2-4,13H,12H2,1H3,(H,14,15,16,17). The van der Waals surface area contributed by atoms with Gasteiger partial charge in [0.2, 0.25) is 0 Å². The van der Waals surface area contributed by atoms with Crippen molar-refractivity contribution in [3.63, 3.8) is 0 Å². The van der Waals surface area contributed by atoms with Crippen molar-refractivity contribution in [2.75, 3.05) is 11.1 Å². The number of anilines is 2. The maximum atomic E-state index is 13.5. The molecule has 2 aromatic rings. The normalized spacial score (nSPS) is 12.4. The van der Waals surface area contributed by atoms with E-state index >= 15 is 0 Å². The summed E-state index contributed by atoms with van der Waals surface area (Å²) in [5.74, 6) is -1.67. The van der Waals surface area contributed by atoms with Gasteiger partial charge in [0.05, 0.1) is 17.4 Å². The Morgan fingerprint density at radius 2 is 2.18 bits per heavy atom. The van der Waals surface area contributed by atoms with E-state index < -0.39 is 17.7 Å². The molecular formula is C9H10F2N6. The van der Waals surface area contributed by atoms with Crippen LogP contribution in [0.3, 0.4) is 0 Å². The van der Waals surface area contributed by atoms with Crippen LogP contribution >= 0.6 is 0 Å². The van der Waals surface area contributed by atoms with Crippen LogP contribution in [0.2, 0.25) is 0 Å². The summed E-state index contributed by atoms with van der Waals surface area (Å²) in [7, 11) is 0. The molecule has 0 radical (unpaired) electrons. The van der Waals surface area contributed by atoms with Crippen molar-refractivity contribution in [3.05, 3.63) is 29.6 Å². The Morgan fingerprint density at radius 1 is 1.41 bits per heavy atom. The van der Waals surface area contributed by atoms with E-state index in [0.29, 0.717) is 5.82 Å². The lowest BCUT2D eigenvalue weighted by molar-refractivity contribution is 0.510. The van der Waals surface area contributed by atoms with E-state index in [1.54, 1.807) is 6.92 Å². The molecule has 1 heterocycles. The van der Waals surface area contributed by atoms with Crippen LogP contribution in [-0.4, -0.2) is 20.6 Å². The number of aromatic nitrogens is 4. The van der Waals surface area contributed by atoms with Crippen LogP contribution in [0.5, 0.6) is 0 Å². The molecule has 0 saturated carbocycles. The molecule has 2 rings (SSSR count). The molecule has 1 aromatic carbocycles. The van der Waals surface area contributed by atoms with Crippen molar-refractivity contribution in [3.8, 4) is 0 Å². The smallest absolute Gasteiger partial charge is 0.196 e. The molecule has 1 aromatic heterocycles. The van der Waals surface area contributed by atoms with Crippen molar-refractivity contribution >= 4 is 11.4 Å². The largest absolute Gasteiger partial charge is 0.397 e. The number of nitrogens with two attached hydrogens (primary N) is 1. The molecular weight excluding hydrogens is 230 g/mol. The van der Waals surface area contributed by atoms with Crippen molar-refractivity contribution in [2.24, 2.45) is 0 Å². The highest BCUT2D eigenvalue weighted by Crippen LogP contribution is 2.27. The Morgan fingerprint density at radius 3 is 2.82 bits per heavy atom. The van der Waals surface area contributed by atoms with Crippen LogP contribution in [0.4, 0.5) is 20.2 Å². The molecule has 1 unspecified atom stereocenters. The lowest BCUT2D eigenvalue weighted by Gasteiger charge is -2.14. The highest BCUT2D eigenvalue weighted by atomic mass is 19.2. The van der Waals surface area contributed by atoms with Gasteiger partial charge in [-0.15, -0.1) is 10.2 Å². The molecule has 1 atom stereocenters. The fraction of sp³-hybridized carbons (Fsp3) is 0.222. The summed E-state index contributed by atoms with van der Waals surface area (Å²) in [6.07, 6.45) is 0. The molecule has 0 aliphatic heterocycles. The second-order valence-electron chi connectivity index (χ2n) is 3.46. The van der Waals surface area contributed by atoms with Gasteiger partial charge in [-0.25, -0.2) is 8.78 Å². The Balaban J connectivity index is 2.27. The quantitative estimate of drug-likeness (QED) is 0.702. The van der Waals surface area contributed by atoms with E-state index in [-0.39, 0.29) is 11.4 Å². The summed E-state index contributed by atoms with van der Waals surface area (Å²) < 4.78 is 26.5. The van der Waals surface area contributed by atoms with Gasteiger partial charge in [-0.05, 0) is 19.1 Å². The Labute approximate surface area is 95.2 Å². The number of hydrogen-bond acceptors (Lipinski definition) is 5. The molecule has 17 heavy (non-hydrogen) atoms. The zero-order chi connectivity index (χ0) is 12.4. The first kappa shape index (κ1) is 11.2. The fourth-order valence-electron chi connectivity index (χ4n) is 1.35. The number of nitrogens with zero attached hydrogens (tertiary/aromatic N) is 3. The van der Waals surface area contributed by atoms with Crippen LogP contribution in [0, 0.1) is 11.6 Å². The lowest BCUT2D eigenvalue weighted by atomic mass is 10.2. The minimum absolute atomic E-state index is 0.109. The average Bonchev–Trinajstić information content (AvgIpc) is 2.83. The molecule has 0 amide bonds. The van der Waals surface area contributed by atoms with E-state index in [1.807, 2.05) is 0 Å². The number of nitrogen functional groups attached to an aromatic ring is 1. The van der Waals surface area contributed by atoms with Gasteiger partial charge >= 0.3 is 0 Å². The lowest BCUT2D eigenvalue weighted by Crippen LogP contribution is -2.12. The van der Waals surface area contributed by atoms with Gasteiger partial charge in [0, 0.05) is 0 Å². The third-order valence-electron chi connectivity index (χ3n) is 2.24. The van der Waals surface area contributed by atoms with Gasteiger partial charge < -0.3 is 11.1 Å². The number of hydrogen-bond donors (Lipinski definition) is 3.